The summed E-state index contributed by atoms with van der Waals surface area (Å²) in [7, 11) is 1.99. The van der Waals surface area contributed by atoms with Crippen LogP contribution in [-0.4, -0.2) is 32.5 Å². The number of para-hydroxylation sites is 1. The lowest BCUT2D eigenvalue weighted by Gasteiger charge is -2.36. The zero-order chi connectivity index (χ0) is 35.7. The highest BCUT2D eigenvalue weighted by molar-refractivity contribution is 7.99. The number of aliphatic hydroxyl groups is 1. The minimum absolute atomic E-state index is 0.00315. The Hall–Kier alpha value is -5.39. The Bertz CT molecular complexity index is 2050. The number of urea groups is 1. The van der Waals surface area contributed by atoms with Crippen LogP contribution in [0.15, 0.2) is 145 Å². The van der Waals surface area contributed by atoms with Crippen molar-refractivity contribution in [2.45, 2.75) is 43.2 Å². The number of hydrogen-bond donors (Lipinski definition) is 3. The molecule has 1 aliphatic heterocycles. The predicted octanol–water partition coefficient (Wildman–Crippen LogP) is 9.03. The monoisotopic (exact) mass is 712 g/mol. The van der Waals surface area contributed by atoms with E-state index in [1.807, 2.05) is 109 Å². The van der Waals surface area contributed by atoms with Gasteiger partial charge in [0.05, 0.1) is 18.8 Å². The van der Waals surface area contributed by atoms with Gasteiger partial charge in [-0.3, -0.25) is 0 Å². The Balaban J connectivity index is 0.970. The first-order valence-corrected chi connectivity index (χ1v) is 18.2. The number of anilines is 1. The standard InChI is InChI=1S/C42H40N4O5S/c1-46-23-22-43-42(46)52-28-38-25-39(32-12-10-29(27-47)11-13-32)51-40(50-38)33-16-14-31(15-17-33)34-7-5-6-30(24-34)26-44-41(48)45-35-18-20-37(21-19-35)49-36-8-3-2-4-9-36/h2-24,38-40,47H,25-28H2,1H3,(H2,44,45,48)/t38-,39+,40+/m1/s1. The van der Waals surface area contributed by atoms with E-state index < -0.39 is 6.29 Å². The van der Waals surface area contributed by atoms with E-state index in [2.05, 4.69) is 52.0 Å². The topological polar surface area (TPSA) is 107 Å². The quantitative estimate of drug-likeness (QED) is 0.109. The van der Waals surface area contributed by atoms with Gasteiger partial charge in [0, 0.05) is 49.4 Å². The van der Waals surface area contributed by atoms with Crippen molar-refractivity contribution in [3.05, 3.63) is 162 Å². The van der Waals surface area contributed by atoms with Crippen molar-refractivity contribution in [1.82, 2.24) is 14.9 Å². The predicted molar refractivity (Wildman–Crippen MR) is 203 cm³/mol. The Morgan fingerprint density at radius 1 is 0.846 bits per heavy atom. The van der Waals surface area contributed by atoms with Crippen LogP contribution in [0.2, 0.25) is 0 Å². The molecule has 2 amide bonds. The molecule has 3 N–H and O–H groups in total. The highest BCUT2D eigenvalue weighted by Crippen LogP contribution is 2.40. The van der Waals surface area contributed by atoms with Gasteiger partial charge in [-0.25, -0.2) is 9.78 Å². The second-order valence-electron chi connectivity index (χ2n) is 12.6. The van der Waals surface area contributed by atoms with Gasteiger partial charge in [0.1, 0.15) is 11.5 Å². The van der Waals surface area contributed by atoms with Gasteiger partial charge in [-0.2, -0.15) is 0 Å². The summed E-state index contributed by atoms with van der Waals surface area (Å²) in [6, 6.07) is 40.8. The summed E-state index contributed by atoms with van der Waals surface area (Å²) in [5, 5.41) is 16.3. The van der Waals surface area contributed by atoms with Crippen LogP contribution < -0.4 is 15.4 Å². The number of ether oxygens (including phenoxy) is 3. The first-order valence-electron chi connectivity index (χ1n) is 17.2. The second kappa shape index (κ2) is 16.8. The van der Waals surface area contributed by atoms with E-state index in [0.717, 1.165) is 50.0 Å². The Morgan fingerprint density at radius 3 is 2.33 bits per heavy atom. The summed E-state index contributed by atoms with van der Waals surface area (Å²) in [4.78, 5) is 17.1. The zero-order valence-corrected chi connectivity index (χ0v) is 29.5. The zero-order valence-electron chi connectivity index (χ0n) is 28.7. The number of aromatic nitrogens is 2. The lowest BCUT2D eigenvalue weighted by molar-refractivity contribution is -0.245. The van der Waals surface area contributed by atoms with E-state index in [1.54, 1.807) is 18.0 Å². The molecule has 0 saturated carbocycles. The van der Waals surface area contributed by atoms with E-state index in [9.17, 15) is 9.90 Å². The minimum Gasteiger partial charge on any atom is -0.457 e. The summed E-state index contributed by atoms with van der Waals surface area (Å²) in [5.41, 5.74) is 6.58. The SMILES string of the molecule is Cn1ccnc1SC[C@H]1C[C@@H](c2ccc(CO)cc2)O[C@@H](c2ccc(-c3cccc(CNC(=O)Nc4ccc(Oc5ccccc5)cc4)c3)cc2)O1. The molecule has 7 rings (SSSR count). The molecule has 0 aliphatic carbocycles. The Labute approximate surface area is 307 Å². The molecule has 6 aromatic rings. The Morgan fingerprint density at radius 2 is 1.60 bits per heavy atom. The second-order valence-corrected chi connectivity index (χ2v) is 13.5. The maximum Gasteiger partial charge on any atom is 0.319 e. The van der Waals surface area contributed by atoms with Gasteiger partial charge in [-0.05, 0) is 70.3 Å². The molecular formula is C42H40N4O5S. The molecule has 3 atom stereocenters. The van der Waals surface area contributed by atoms with Gasteiger partial charge < -0.3 is 34.5 Å². The third-order valence-corrected chi connectivity index (χ3v) is 9.97. The van der Waals surface area contributed by atoms with Crippen LogP contribution in [0, 0.1) is 0 Å². The summed E-state index contributed by atoms with van der Waals surface area (Å²) in [6.45, 7) is 0.373. The molecule has 0 radical (unpaired) electrons. The maximum atomic E-state index is 12.7. The van der Waals surface area contributed by atoms with Crippen molar-refractivity contribution in [3.8, 4) is 22.6 Å². The fraction of sp³-hybridized carbons (Fsp3) is 0.190. The van der Waals surface area contributed by atoms with Crippen molar-refractivity contribution in [1.29, 1.82) is 0 Å². The number of thioether (sulfide) groups is 1. The van der Waals surface area contributed by atoms with Crippen molar-refractivity contribution in [3.63, 3.8) is 0 Å². The highest BCUT2D eigenvalue weighted by Gasteiger charge is 2.32. The lowest BCUT2D eigenvalue weighted by Crippen LogP contribution is -2.31. The Kier molecular flexibility index (Phi) is 11.3. The number of benzene rings is 5. The number of aryl methyl sites for hydroxylation is 1. The molecule has 0 spiro atoms. The van der Waals surface area contributed by atoms with Crippen LogP contribution in [0.1, 0.15) is 41.1 Å². The van der Waals surface area contributed by atoms with Crippen molar-refractivity contribution < 1.29 is 24.1 Å². The highest BCUT2D eigenvalue weighted by atomic mass is 32.2. The fourth-order valence-corrected chi connectivity index (χ4v) is 6.91. The first-order chi connectivity index (χ1) is 25.5. The largest absolute Gasteiger partial charge is 0.457 e. The molecule has 264 valence electrons. The number of hydrogen-bond acceptors (Lipinski definition) is 7. The molecule has 0 unspecified atom stereocenters. The molecule has 10 heteroatoms. The van der Waals surface area contributed by atoms with Gasteiger partial charge in [0.2, 0.25) is 0 Å². The average Bonchev–Trinajstić information content (AvgIpc) is 3.61. The third-order valence-electron chi connectivity index (χ3n) is 8.78. The minimum atomic E-state index is -0.543. The van der Waals surface area contributed by atoms with Gasteiger partial charge in [-0.1, -0.05) is 96.7 Å². The van der Waals surface area contributed by atoms with Crippen LogP contribution >= 0.6 is 11.8 Å². The van der Waals surface area contributed by atoms with Crippen LogP contribution in [-0.2, 0) is 29.7 Å². The molecule has 1 aliphatic rings. The molecule has 52 heavy (non-hydrogen) atoms. The third kappa shape index (κ3) is 9.09. The number of aliphatic hydroxyl groups excluding tert-OH is 1. The molecule has 0 bridgehead atoms. The van der Waals surface area contributed by atoms with E-state index in [4.69, 9.17) is 14.2 Å². The van der Waals surface area contributed by atoms with Gasteiger partial charge in [-0.15, -0.1) is 0 Å². The number of amides is 2. The number of imidazole rings is 1. The number of nitrogens with zero attached hydrogens (tertiary/aromatic N) is 2. The summed E-state index contributed by atoms with van der Waals surface area (Å²) >= 11 is 1.67. The van der Waals surface area contributed by atoms with Crippen molar-refractivity contribution >= 4 is 23.5 Å². The van der Waals surface area contributed by atoms with Crippen LogP contribution in [0.3, 0.4) is 0 Å². The molecule has 1 fully saturated rings. The van der Waals surface area contributed by atoms with E-state index in [1.165, 1.54) is 0 Å². The number of carbonyl (C=O) groups excluding carboxylic acids is 1. The molecule has 1 aromatic heterocycles. The molecule has 2 heterocycles. The fourth-order valence-electron chi connectivity index (χ4n) is 5.96. The molecule has 1 saturated heterocycles. The van der Waals surface area contributed by atoms with Crippen LogP contribution in [0.25, 0.3) is 11.1 Å². The molecule has 5 aromatic carbocycles. The van der Waals surface area contributed by atoms with E-state index in [-0.39, 0.29) is 24.8 Å². The van der Waals surface area contributed by atoms with Crippen molar-refractivity contribution in [2.75, 3.05) is 11.1 Å². The number of rotatable bonds is 12. The smallest absolute Gasteiger partial charge is 0.319 e. The van der Waals surface area contributed by atoms with Gasteiger partial charge in [0.15, 0.2) is 11.4 Å². The van der Waals surface area contributed by atoms with Crippen molar-refractivity contribution in [2.24, 2.45) is 7.05 Å². The number of nitrogens with one attached hydrogen (secondary N) is 2. The average molecular weight is 713 g/mol. The van der Waals surface area contributed by atoms with Gasteiger partial charge >= 0.3 is 6.03 Å². The maximum absolute atomic E-state index is 12.7. The lowest BCUT2D eigenvalue weighted by atomic mass is 9.99. The molecule has 9 nitrogen and oxygen atoms in total. The van der Waals surface area contributed by atoms with Crippen LogP contribution in [0.5, 0.6) is 11.5 Å². The van der Waals surface area contributed by atoms with E-state index >= 15 is 0 Å². The number of carbonyl (C=O) groups is 1. The summed E-state index contributed by atoms with van der Waals surface area (Å²) in [6.07, 6.45) is 3.69. The molecular weight excluding hydrogens is 673 g/mol. The first kappa shape index (κ1) is 35.0. The van der Waals surface area contributed by atoms with Crippen LogP contribution in [0.4, 0.5) is 10.5 Å². The summed E-state index contributed by atoms with van der Waals surface area (Å²) in [5.74, 6) is 2.18. The summed E-state index contributed by atoms with van der Waals surface area (Å²) < 4.78 is 20.9. The normalized spacial score (nSPS) is 17.0. The van der Waals surface area contributed by atoms with Gasteiger partial charge in [0.25, 0.3) is 0 Å². The van der Waals surface area contributed by atoms with E-state index in [0.29, 0.717) is 24.4 Å².